The standard InChI is InChI=1S/C30H40N2O6/c1-3-17-32(2)20-26-19-27(23-15-13-22(21-33)14-16-23)38-30(37-26)24-9-8-10-25(18-24)31-28(34)11-6-4-5-7-12-29(35)36/h3,8-10,13-16,18,26-27,30,33H,1,4-7,11-12,17,19-21H2,2H3,(H,31,34)(H,35,36). The van der Waals surface area contributed by atoms with Gasteiger partial charge in [0.1, 0.15) is 0 Å². The molecule has 1 aliphatic rings. The van der Waals surface area contributed by atoms with Crippen molar-refractivity contribution < 1.29 is 29.3 Å². The molecule has 1 aliphatic heterocycles. The van der Waals surface area contributed by atoms with Crippen LogP contribution >= 0.6 is 0 Å². The highest BCUT2D eigenvalue weighted by molar-refractivity contribution is 5.90. The first-order chi connectivity index (χ1) is 18.4. The number of anilines is 1. The Morgan fingerprint density at radius 3 is 2.47 bits per heavy atom. The molecule has 2 aromatic rings. The van der Waals surface area contributed by atoms with Crippen molar-refractivity contribution in [2.24, 2.45) is 0 Å². The first kappa shape index (κ1) is 29.5. The van der Waals surface area contributed by atoms with Crippen LogP contribution in [0.4, 0.5) is 5.69 Å². The van der Waals surface area contributed by atoms with Crippen molar-refractivity contribution in [3.8, 4) is 0 Å². The van der Waals surface area contributed by atoms with Crippen LogP contribution in [-0.4, -0.2) is 53.2 Å². The van der Waals surface area contributed by atoms with Gasteiger partial charge in [0, 0.05) is 43.6 Å². The Bertz CT molecular complexity index is 1040. The number of likely N-dealkylation sites (N-methyl/N-ethyl adjacent to an activating group) is 1. The maximum absolute atomic E-state index is 12.5. The van der Waals surface area contributed by atoms with E-state index in [0.29, 0.717) is 24.9 Å². The molecule has 0 aromatic heterocycles. The second-order valence-electron chi connectivity index (χ2n) is 9.84. The molecule has 0 saturated carbocycles. The maximum atomic E-state index is 12.5. The summed E-state index contributed by atoms with van der Waals surface area (Å²) < 4.78 is 12.8. The molecule has 3 N–H and O–H groups in total. The lowest BCUT2D eigenvalue weighted by Gasteiger charge is -2.37. The number of carbonyl (C=O) groups excluding carboxylic acids is 1. The molecule has 0 radical (unpaired) electrons. The third-order valence-electron chi connectivity index (χ3n) is 6.56. The topological polar surface area (TPSA) is 108 Å². The normalized spacial score (nSPS) is 19.3. The van der Waals surface area contributed by atoms with Crippen molar-refractivity contribution in [2.75, 3.05) is 25.5 Å². The minimum absolute atomic E-state index is 0.00422. The molecule has 38 heavy (non-hydrogen) atoms. The minimum Gasteiger partial charge on any atom is -0.481 e. The summed E-state index contributed by atoms with van der Waals surface area (Å²) in [6.45, 7) is 5.29. The number of nitrogens with zero attached hydrogens (tertiary/aromatic N) is 1. The monoisotopic (exact) mass is 524 g/mol. The van der Waals surface area contributed by atoms with Gasteiger partial charge in [-0.3, -0.25) is 9.59 Å². The van der Waals surface area contributed by atoms with Gasteiger partial charge in [0.25, 0.3) is 0 Å². The van der Waals surface area contributed by atoms with Gasteiger partial charge in [0.05, 0.1) is 18.8 Å². The van der Waals surface area contributed by atoms with E-state index in [-0.39, 0.29) is 31.1 Å². The van der Waals surface area contributed by atoms with E-state index in [1.807, 2.05) is 61.7 Å². The Kier molecular flexibility index (Phi) is 12.0. The summed E-state index contributed by atoms with van der Waals surface area (Å²) in [5.41, 5.74) is 3.38. The van der Waals surface area contributed by atoms with Crippen molar-refractivity contribution in [1.82, 2.24) is 4.90 Å². The molecule has 3 unspecified atom stereocenters. The number of amides is 1. The van der Waals surface area contributed by atoms with Gasteiger partial charge < -0.3 is 29.9 Å². The number of carbonyl (C=O) groups is 2. The van der Waals surface area contributed by atoms with Crippen molar-refractivity contribution in [2.45, 2.75) is 70.1 Å². The smallest absolute Gasteiger partial charge is 0.303 e. The third-order valence-corrected chi connectivity index (χ3v) is 6.56. The molecule has 2 aromatic carbocycles. The number of unbranched alkanes of at least 4 members (excludes halogenated alkanes) is 3. The van der Waals surface area contributed by atoms with Gasteiger partial charge in [0.15, 0.2) is 6.29 Å². The van der Waals surface area contributed by atoms with Gasteiger partial charge >= 0.3 is 5.97 Å². The molecule has 1 saturated heterocycles. The predicted octanol–water partition coefficient (Wildman–Crippen LogP) is 5.21. The molecule has 3 atom stereocenters. The number of aliphatic hydroxyl groups is 1. The average Bonchev–Trinajstić information content (AvgIpc) is 2.90. The van der Waals surface area contributed by atoms with Gasteiger partial charge in [-0.05, 0) is 43.1 Å². The fourth-order valence-corrected chi connectivity index (χ4v) is 4.58. The number of carboxylic acids is 1. The third kappa shape index (κ3) is 9.68. The van der Waals surface area contributed by atoms with Crippen LogP contribution in [0.25, 0.3) is 0 Å². The van der Waals surface area contributed by atoms with Gasteiger partial charge in [-0.25, -0.2) is 0 Å². The number of hydrogen-bond acceptors (Lipinski definition) is 6. The zero-order chi connectivity index (χ0) is 27.3. The number of rotatable bonds is 15. The van der Waals surface area contributed by atoms with E-state index in [4.69, 9.17) is 14.6 Å². The SMILES string of the molecule is C=CCN(C)CC1CC(c2ccc(CO)cc2)OC(c2cccc(NC(=O)CCCCCCC(=O)O)c2)O1. The van der Waals surface area contributed by atoms with Crippen molar-refractivity contribution in [1.29, 1.82) is 0 Å². The van der Waals surface area contributed by atoms with Crippen LogP contribution in [0, 0.1) is 0 Å². The number of aliphatic hydroxyl groups excluding tert-OH is 1. The Balaban J connectivity index is 1.64. The zero-order valence-corrected chi connectivity index (χ0v) is 22.2. The van der Waals surface area contributed by atoms with E-state index in [1.54, 1.807) is 0 Å². The van der Waals surface area contributed by atoms with Gasteiger partial charge in [-0.15, -0.1) is 6.58 Å². The van der Waals surface area contributed by atoms with E-state index in [2.05, 4.69) is 16.8 Å². The van der Waals surface area contributed by atoms with Crippen LogP contribution in [0.15, 0.2) is 61.2 Å². The van der Waals surface area contributed by atoms with Crippen LogP contribution in [0.2, 0.25) is 0 Å². The Hall–Kier alpha value is -3.04. The molecule has 3 rings (SSSR count). The second-order valence-corrected chi connectivity index (χ2v) is 9.84. The van der Waals surface area contributed by atoms with Crippen molar-refractivity contribution >= 4 is 17.6 Å². The summed E-state index contributed by atoms with van der Waals surface area (Å²) in [6.07, 6.45) is 5.26. The molecule has 0 aliphatic carbocycles. The molecular formula is C30H40N2O6. The van der Waals surface area contributed by atoms with E-state index in [0.717, 1.165) is 49.0 Å². The molecule has 8 nitrogen and oxygen atoms in total. The fourth-order valence-electron chi connectivity index (χ4n) is 4.58. The van der Waals surface area contributed by atoms with E-state index >= 15 is 0 Å². The lowest BCUT2D eigenvalue weighted by atomic mass is 9.99. The van der Waals surface area contributed by atoms with Crippen molar-refractivity contribution in [3.63, 3.8) is 0 Å². The molecule has 206 valence electrons. The van der Waals surface area contributed by atoms with Crippen LogP contribution in [0.3, 0.4) is 0 Å². The van der Waals surface area contributed by atoms with Gasteiger partial charge in [0.2, 0.25) is 5.91 Å². The number of hydrogen-bond donors (Lipinski definition) is 3. The number of aliphatic carboxylic acids is 1. The quantitative estimate of drug-likeness (QED) is 0.217. The highest BCUT2D eigenvalue weighted by Crippen LogP contribution is 2.38. The van der Waals surface area contributed by atoms with Gasteiger partial charge in [-0.1, -0.05) is 55.3 Å². The summed E-state index contributed by atoms with van der Waals surface area (Å²) in [4.78, 5) is 25.2. The number of ether oxygens (including phenoxy) is 2. The average molecular weight is 525 g/mol. The Morgan fingerprint density at radius 2 is 1.79 bits per heavy atom. The second kappa shape index (κ2) is 15.4. The summed E-state index contributed by atoms with van der Waals surface area (Å²) in [7, 11) is 2.03. The van der Waals surface area contributed by atoms with E-state index in [1.165, 1.54) is 0 Å². The highest BCUT2D eigenvalue weighted by atomic mass is 16.7. The Morgan fingerprint density at radius 1 is 1.05 bits per heavy atom. The maximum Gasteiger partial charge on any atom is 0.303 e. The highest BCUT2D eigenvalue weighted by Gasteiger charge is 2.32. The minimum atomic E-state index is -0.783. The van der Waals surface area contributed by atoms with E-state index in [9.17, 15) is 14.7 Å². The number of carboxylic acid groups (broad SMARTS) is 1. The van der Waals surface area contributed by atoms with E-state index < -0.39 is 12.3 Å². The Labute approximate surface area is 225 Å². The molecule has 0 spiro atoms. The lowest BCUT2D eigenvalue weighted by molar-refractivity contribution is -0.252. The van der Waals surface area contributed by atoms with Gasteiger partial charge in [-0.2, -0.15) is 0 Å². The predicted molar refractivity (Wildman–Crippen MR) is 147 cm³/mol. The first-order valence-corrected chi connectivity index (χ1v) is 13.3. The van der Waals surface area contributed by atoms with Crippen LogP contribution < -0.4 is 5.32 Å². The molecule has 8 heteroatoms. The number of nitrogens with one attached hydrogen (secondary N) is 1. The van der Waals surface area contributed by atoms with Crippen LogP contribution in [0.5, 0.6) is 0 Å². The molecule has 1 amide bonds. The summed E-state index contributed by atoms with van der Waals surface area (Å²) in [5, 5.41) is 21.1. The molecular weight excluding hydrogens is 484 g/mol. The summed E-state index contributed by atoms with van der Waals surface area (Å²) >= 11 is 0. The molecule has 1 fully saturated rings. The lowest BCUT2D eigenvalue weighted by Crippen LogP contribution is -2.37. The van der Waals surface area contributed by atoms with Crippen LogP contribution in [0.1, 0.15) is 74.0 Å². The largest absolute Gasteiger partial charge is 0.481 e. The molecule has 0 bridgehead atoms. The first-order valence-electron chi connectivity index (χ1n) is 13.3. The van der Waals surface area contributed by atoms with Crippen LogP contribution in [-0.2, 0) is 25.7 Å². The number of benzene rings is 2. The fraction of sp³-hybridized carbons (Fsp3) is 0.467. The summed E-state index contributed by atoms with van der Waals surface area (Å²) in [6, 6.07) is 15.3. The van der Waals surface area contributed by atoms with Crippen molar-refractivity contribution in [3.05, 3.63) is 77.9 Å². The zero-order valence-electron chi connectivity index (χ0n) is 22.2. The molecule has 1 heterocycles. The summed E-state index contributed by atoms with van der Waals surface area (Å²) in [5.74, 6) is -0.855.